The summed E-state index contributed by atoms with van der Waals surface area (Å²) in [6.07, 6.45) is 1.54. The average Bonchev–Trinajstić information content (AvgIpc) is 3.30. The number of ether oxygens (including phenoxy) is 1. The molecule has 2 heterocycles. The summed E-state index contributed by atoms with van der Waals surface area (Å²) in [5.74, 6) is 1.16. The predicted octanol–water partition coefficient (Wildman–Crippen LogP) is 7.15. The van der Waals surface area contributed by atoms with Crippen LogP contribution in [-0.2, 0) is 11.3 Å². The van der Waals surface area contributed by atoms with Gasteiger partial charge in [0.05, 0.1) is 23.6 Å². The number of benzene rings is 2. The van der Waals surface area contributed by atoms with E-state index in [0.717, 1.165) is 22.2 Å². The first-order valence-electron chi connectivity index (χ1n) is 8.99. The lowest BCUT2D eigenvalue weighted by molar-refractivity contribution is -0.123. The van der Waals surface area contributed by atoms with Gasteiger partial charge in [0.15, 0.2) is 0 Å². The fourth-order valence-electron chi connectivity index (χ4n) is 2.99. The molecule has 0 bridgehead atoms. The second kappa shape index (κ2) is 9.01. The second-order valence-corrected chi connectivity index (χ2v) is 8.80. The largest absolute Gasteiger partial charge is 0.495 e. The molecule has 5 nitrogen and oxygen atoms in total. The molecule has 0 saturated carbocycles. The summed E-state index contributed by atoms with van der Waals surface area (Å²) < 4.78 is 11.0. The quantitative estimate of drug-likeness (QED) is 0.352. The van der Waals surface area contributed by atoms with E-state index in [-0.39, 0.29) is 16.7 Å². The Morgan fingerprint density at radius 2 is 1.84 bits per heavy atom. The lowest BCUT2D eigenvalue weighted by atomic mass is 10.2. The fraction of sp³-hybridized carbons (Fsp3) is 0.0909. The minimum absolute atomic E-state index is 0.0613. The standard InChI is InChI=1S/C22H14Cl3NO4S/c1-29-19-6-3-12(8-17(19)25)18-7-5-15(30-18)10-20-21(27)26(22(28)31-20)11-13-2-4-14(23)9-16(13)24/h2-10H,11H2,1H3/b20-10-. The number of amides is 2. The summed E-state index contributed by atoms with van der Waals surface area (Å²) >= 11 is 19.1. The molecule has 1 aromatic heterocycles. The number of hydrogen-bond acceptors (Lipinski definition) is 5. The van der Waals surface area contributed by atoms with Gasteiger partial charge in [0.25, 0.3) is 11.1 Å². The number of methoxy groups -OCH3 is 1. The molecular weight excluding hydrogens is 481 g/mol. The Morgan fingerprint density at radius 3 is 2.55 bits per heavy atom. The summed E-state index contributed by atoms with van der Waals surface area (Å²) in [7, 11) is 1.54. The first kappa shape index (κ1) is 21.8. The van der Waals surface area contributed by atoms with E-state index in [1.54, 1.807) is 55.7 Å². The van der Waals surface area contributed by atoms with Crippen LogP contribution in [0.3, 0.4) is 0 Å². The SMILES string of the molecule is COc1ccc(-c2ccc(/C=C3\SC(=O)N(Cc4ccc(Cl)cc4Cl)C3=O)o2)cc1Cl. The molecular formula is C22H14Cl3NO4S. The van der Waals surface area contributed by atoms with Crippen LogP contribution in [0.25, 0.3) is 17.4 Å². The van der Waals surface area contributed by atoms with E-state index in [0.29, 0.717) is 37.9 Å². The number of halogens is 3. The summed E-state index contributed by atoms with van der Waals surface area (Å²) in [6, 6.07) is 13.7. The molecule has 1 aliphatic rings. The van der Waals surface area contributed by atoms with Crippen molar-refractivity contribution in [2.24, 2.45) is 0 Å². The number of hydrogen-bond donors (Lipinski definition) is 0. The van der Waals surface area contributed by atoms with Gasteiger partial charge in [-0.05, 0) is 59.8 Å². The zero-order chi connectivity index (χ0) is 22.1. The third-order valence-electron chi connectivity index (χ3n) is 4.55. The molecule has 158 valence electrons. The van der Waals surface area contributed by atoms with Crippen molar-refractivity contribution in [3.05, 3.63) is 79.8 Å². The normalized spacial score (nSPS) is 15.2. The van der Waals surface area contributed by atoms with Crippen LogP contribution in [0.5, 0.6) is 5.75 Å². The highest BCUT2D eigenvalue weighted by atomic mass is 35.5. The molecule has 31 heavy (non-hydrogen) atoms. The van der Waals surface area contributed by atoms with Gasteiger partial charge in [-0.1, -0.05) is 40.9 Å². The number of carbonyl (C=O) groups is 2. The van der Waals surface area contributed by atoms with E-state index in [9.17, 15) is 9.59 Å². The van der Waals surface area contributed by atoms with Crippen LogP contribution in [0.2, 0.25) is 15.1 Å². The number of rotatable bonds is 5. The summed E-state index contributed by atoms with van der Waals surface area (Å²) in [5, 5.41) is 0.954. The minimum atomic E-state index is -0.411. The van der Waals surface area contributed by atoms with Crippen molar-refractivity contribution in [2.45, 2.75) is 6.54 Å². The zero-order valence-corrected chi connectivity index (χ0v) is 19.1. The lowest BCUT2D eigenvalue weighted by Gasteiger charge is -2.13. The van der Waals surface area contributed by atoms with Gasteiger partial charge in [0, 0.05) is 21.7 Å². The van der Waals surface area contributed by atoms with Crippen molar-refractivity contribution in [3.8, 4) is 17.1 Å². The highest BCUT2D eigenvalue weighted by Crippen LogP contribution is 2.36. The molecule has 2 aromatic carbocycles. The Kier molecular flexibility index (Phi) is 6.34. The van der Waals surface area contributed by atoms with Crippen molar-refractivity contribution in [2.75, 3.05) is 7.11 Å². The van der Waals surface area contributed by atoms with E-state index >= 15 is 0 Å². The minimum Gasteiger partial charge on any atom is -0.495 e. The maximum absolute atomic E-state index is 12.8. The molecule has 0 radical (unpaired) electrons. The molecule has 3 aromatic rings. The van der Waals surface area contributed by atoms with Crippen LogP contribution in [-0.4, -0.2) is 23.2 Å². The van der Waals surface area contributed by atoms with Gasteiger partial charge < -0.3 is 9.15 Å². The van der Waals surface area contributed by atoms with Crippen LogP contribution in [0.1, 0.15) is 11.3 Å². The van der Waals surface area contributed by atoms with Gasteiger partial charge in [0.2, 0.25) is 0 Å². The van der Waals surface area contributed by atoms with E-state index in [4.69, 9.17) is 44.0 Å². The molecule has 2 amide bonds. The molecule has 0 unspecified atom stereocenters. The van der Waals surface area contributed by atoms with Crippen LogP contribution in [0.4, 0.5) is 4.79 Å². The van der Waals surface area contributed by atoms with E-state index in [2.05, 4.69) is 0 Å². The first-order valence-corrected chi connectivity index (χ1v) is 10.9. The maximum Gasteiger partial charge on any atom is 0.293 e. The smallest absolute Gasteiger partial charge is 0.293 e. The summed E-state index contributed by atoms with van der Waals surface area (Å²) in [6.45, 7) is 0.0613. The van der Waals surface area contributed by atoms with E-state index < -0.39 is 5.91 Å². The number of imide groups is 1. The number of furan rings is 1. The highest BCUT2D eigenvalue weighted by molar-refractivity contribution is 8.18. The molecule has 1 saturated heterocycles. The molecule has 0 atom stereocenters. The van der Waals surface area contributed by atoms with Gasteiger partial charge in [-0.3, -0.25) is 14.5 Å². The molecule has 0 spiro atoms. The van der Waals surface area contributed by atoms with E-state index in [1.807, 2.05) is 6.07 Å². The Balaban J connectivity index is 1.54. The summed E-state index contributed by atoms with van der Waals surface area (Å²) in [5.41, 5.74) is 1.39. The third-order valence-corrected chi connectivity index (χ3v) is 6.34. The topological polar surface area (TPSA) is 59.8 Å². The van der Waals surface area contributed by atoms with E-state index in [1.165, 1.54) is 0 Å². The molecule has 0 N–H and O–H groups in total. The fourth-order valence-corrected chi connectivity index (χ4v) is 4.54. The summed E-state index contributed by atoms with van der Waals surface area (Å²) in [4.78, 5) is 26.6. The van der Waals surface area contributed by atoms with Crippen molar-refractivity contribution in [1.29, 1.82) is 0 Å². The molecule has 1 aliphatic heterocycles. The Labute approximate surface area is 197 Å². The van der Waals surface area contributed by atoms with Crippen molar-refractivity contribution >= 4 is 63.8 Å². The van der Waals surface area contributed by atoms with Crippen molar-refractivity contribution < 1.29 is 18.7 Å². The molecule has 0 aliphatic carbocycles. The molecule has 9 heteroatoms. The Bertz CT molecular complexity index is 1220. The van der Waals surface area contributed by atoms with Crippen LogP contribution < -0.4 is 4.74 Å². The van der Waals surface area contributed by atoms with Crippen LogP contribution in [0.15, 0.2) is 57.9 Å². The maximum atomic E-state index is 12.8. The number of carbonyl (C=O) groups excluding carboxylic acids is 2. The van der Waals surface area contributed by atoms with Gasteiger partial charge in [-0.15, -0.1) is 0 Å². The third kappa shape index (κ3) is 4.62. The van der Waals surface area contributed by atoms with Crippen LogP contribution >= 0.6 is 46.6 Å². The van der Waals surface area contributed by atoms with Gasteiger partial charge >= 0.3 is 0 Å². The van der Waals surface area contributed by atoms with Gasteiger partial charge in [-0.25, -0.2) is 0 Å². The highest BCUT2D eigenvalue weighted by Gasteiger charge is 2.35. The molecule has 1 fully saturated rings. The zero-order valence-electron chi connectivity index (χ0n) is 16.0. The number of nitrogens with zero attached hydrogens (tertiary/aromatic N) is 1. The van der Waals surface area contributed by atoms with Crippen molar-refractivity contribution in [3.63, 3.8) is 0 Å². The lowest BCUT2D eigenvalue weighted by Crippen LogP contribution is -2.27. The van der Waals surface area contributed by atoms with Crippen molar-refractivity contribution in [1.82, 2.24) is 4.90 Å². The number of thioether (sulfide) groups is 1. The molecule has 4 rings (SSSR count). The second-order valence-electron chi connectivity index (χ2n) is 6.55. The van der Waals surface area contributed by atoms with Gasteiger partial charge in [-0.2, -0.15) is 0 Å². The van der Waals surface area contributed by atoms with Crippen LogP contribution in [0, 0.1) is 0 Å². The average molecular weight is 495 g/mol. The predicted molar refractivity (Wildman–Crippen MR) is 124 cm³/mol. The van der Waals surface area contributed by atoms with Gasteiger partial charge in [0.1, 0.15) is 17.3 Å². The Hall–Kier alpha value is -2.38. The Morgan fingerprint density at radius 1 is 1.03 bits per heavy atom. The monoisotopic (exact) mass is 493 g/mol. The first-order chi connectivity index (χ1) is 14.9.